The highest BCUT2D eigenvalue weighted by atomic mass is 35.5. The van der Waals surface area contributed by atoms with Crippen LogP contribution < -0.4 is 15.5 Å². The Hall–Kier alpha value is -0.880. The van der Waals surface area contributed by atoms with E-state index in [9.17, 15) is 4.79 Å². The number of piperazine rings is 1. The van der Waals surface area contributed by atoms with Crippen LogP contribution in [0.2, 0.25) is 10.0 Å². The van der Waals surface area contributed by atoms with Gasteiger partial charge in [-0.15, -0.1) is 11.6 Å². The second-order valence-corrected chi connectivity index (χ2v) is 9.16. The van der Waals surface area contributed by atoms with E-state index in [0.717, 1.165) is 57.2 Å². The zero-order valence-corrected chi connectivity index (χ0v) is 19.1. The van der Waals surface area contributed by atoms with E-state index in [1.807, 2.05) is 18.2 Å². The lowest BCUT2D eigenvalue weighted by atomic mass is 9.84. The van der Waals surface area contributed by atoms with Gasteiger partial charge < -0.3 is 15.5 Å². The Morgan fingerprint density at radius 1 is 1.07 bits per heavy atom. The van der Waals surface area contributed by atoms with E-state index in [1.54, 1.807) is 0 Å². The maximum Gasteiger partial charge on any atom is 0.315 e. The van der Waals surface area contributed by atoms with Gasteiger partial charge in [0.15, 0.2) is 0 Å². The zero-order chi connectivity index (χ0) is 20.6. The summed E-state index contributed by atoms with van der Waals surface area (Å²) in [6.45, 7) is 5.73. The molecule has 0 atom stereocenters. The first-order chi connectivity index (χ1) is 14.1. The normalized spacial score (nSPS) is 23.1. The van der Waals surface area contributed by atoms with Gasteiger partial charge in [0.1, 0.15) is 0 Å². The SMILES string of the molecule is O=C(NCCCl)N[C@H]1CC[C@H](CCN2CCN(c3cccc(Cl)c3Cl)CC2)CC1. The van der Waals surface area contributed by atoms with E-state index < -0.39 is 0 Å². The molecule has 8 heteroatoms. The number of alkyl halides is 1. The van der Waals surface area contributed by atoms with Crippen LogP contribution >= 0.6 is 34.8 Å². The molecule has 1 aromatic carbocycles. The summed E-state index contributed by atoms with van der Waals surface area (Å²) in [6.07, 6.45) is 5.76. The number of carbonyl (C=O) groups is 1. The van der Waals surface area contributed by atoms with Crippen LogP contribution in [-0.2, 0) is 0 Å². The van der Waals surface area contributed by atoms with Crippen molar-refractivity contribution in [3.8, 4) is 0 Å². The number of hydrogen-bond donors (Lipinski definition) is 2. The van der Waals surface area contributed by atoms with E-state index in [4.69, 9.17) is 34.8 Å². The number of carbonyl (C=O) groups excluding carboxylic acids is 1. The van der Waals surface area contributed by atoms with Crippen LogP contribution in [0.1, 0.15) is 32.1 Å². The van der Waals surface area contributed by atoms with E-state index in [2.05, 4.69) is 20.4 Å². The quantitative estimate of drug-likeness (QED) is 0.583. The van der Waals surface area contributed by atoms with Crippen molar-refractivity contribution < 1.29 is 4.79 Å². The smallest absolute Gasteiger partial charge is 0.315 e. The van der Waals surface area contributed by atoms with Crippen LogP contribution in [0.3, 0.4) is 0 Å². The van der Waals surface area contributed by atoms with Crippen molar-refractivity contribution in [2.45, 2.75) is 38.1 Å². The molecule has 5 nitrogen and oxygen atoms in total. The van der Waals surface area contributed by atoms with Crippen molar-refractivity contribution in [2.75, 3.05) is 50.0 Å². The first-order valence-corrected chi connectivity index (χ1v) is 11.9. The summed E-state index contributed by atoms with van der Waals surface area (Å²) in [4.78, 5) is 16.6. The number of anilines is 1. The van der Waals surface area contributed by atoms with Crippen molar-refractivity contribution in [1.82, 2.24) is 15.5 Å². The van der Waals surface area contributed by atoms with Crippen LogP contribution in [0.25, 0.3) is 0 Å². The molecule has 162 valence electrons. The number of hydrogen-bond acceptors (Lipinski definition) is 3. The molecule has 1 aromatic rings. The number of benzene rings is 1. The standard InChI is InChI=1S/C21H31Cl3N4O/c22-9-10-25-21(29)26-17-6-4-16(5-7-17)8-11-27-12-14-28(15-13-27)19-3-1-2-18(23)20(19)24/h1-3,16-17H,4-15H2,(H2,25,26,29)/t16-,17-. The Morgan fingerprint density at radius 3 is 2.48 bits per heavy atom. The molecule has 1 saturated carbocycles. The molecule has 2 fully saturated rings. The fourth-order valence-electron chi connectivity index (χ4n) is 4.31. The van der Waals surface area contributed by atoms with Crippen LogP contribution in [-0.4, -0.2) is 62.1 Å². The number of urea groups is 1. The minimum atomic E-state index is -0.0909. The molecule has 0 radical (unpaired) electrons. The molecule has 3 rings (SSSR count). The lowest BCUT2D eigenvalue weighted by molar-refractivity contribution is 0.205. The Bertz CT molecular complexity index is 659. The highest BCUT2D eigenvalue weighted by Gasteiger charge is 2.24. The fourth-order valence-corrected chi connectivity index (χ4v) is 4.82. The first-order valence-electron chi connectivity index (χ1n) is 10.6. The maximum absolute atomic E-state index is 11.7. The average molecular weight is 462 g/mol. The van der Waals surface area contributed by atoms with E-state index in [-0.39, 0.29) is 6.03 Å². The van der Waals surface area contributed by atoms with Gasteiger partial charge in [-0.1, -0.05) is 29.3 Å². The summed E-state index contributed by atoms with van der Waals surface area (Å²) >= 11 is 18.1. The molecule has 29 heavy (non-hydrogen) atoms. The molecule has 1 saturated heterocycles. The molecule has 0 bridgehead atoms. The lowest BCUT2D eigenvalue weighted by Gasteiger charge is -2.37. The van der Waals surface area contributed by atoms with Gasteiger partial charge in [-0.3, -0.25) is 4.90 Å². The predicted molar refractivity (Wildman–Crippen MR) is 123 cm³/mol. The number of halogens is 3. The number of amides is 2. The number of rotatable bonds is 7. The monoisotopic (exact) mass is 460 g/mol. The predicted octanol–water partition coefficient (Wildman–Crippen LogP) is 4.60. The van der Waals surface area contributed by atoms with Crippen molar-refractivity contribution in [3.05, 3.63) is 28.2 Å². The number of nitrogens with zero attached hydrogens (tertiary/aromatic N) is 2. The Morgan fingerprint density at radius 2 is 1.79 bits per heavy atom. The summed E-state index contributed by atoms with van der Waals surface area (Å²) in [5.41, 5.74) is 1.04. The molecule has 1 heterocycles. The van der Waals surface area contributed by atoms with Gasteiger partial charge in [0.25, 0.3) is 0 Å². The highest BCUT2D eigenvalue weighted by Crippen LogP contribution is 2.33. The van der Waals surface area contributed by atoms with Crippen LogP contribution in [0.5, 0.6) is 0 Å². The Kier molecular flexibility index (Phi) is 9.04. The molecular weight excluding hydrogens is 431 g/mol. The summed E-state index contributed by atoms with van der Waals surface area (Å²) in [5, 5.41) is 7.11. The minimum Gasteiger partial charge on any atom is -0.368 e. The minimum absolute atomic E-state index is 0.0909. The fraction of sp³-hybridized carbons (Fsp3) is 0.667. The van der Waals surface area contributed by atoms with Gasteiger partial charge in [-0.25, -0.2) is 4.79 Å². The van der Waals surface area contributed by atoms with Gasteiger partial charge in [0.05, 0.1) is 15.7 Å². The highest BCUT2D eigenvalue weighted by molar-refractivity contribution is 6.43. The Labute approximate surface area is 189 Å². The van der Waals surface area contributed by atoms with Crippen molar-refractivity contribution in [1.29, 1.82) is 0 Å². The maximum atomic E-state index is 11.7. The van der Waals surface area contributed by atoms with Crippen LogP contribution in [0.15, 0.2) is 18.2 Å². The molecule has 2 amide bonds. The summed E-state index contributed by atoms with van der Waals surface area (Å²) in [6, 6.07) is 6.05. The van der Waals surface area contributed by atoms with E-state index in [0.29, 0.717) is 28.5 Å². The summed E-state index contributed by atoms with van der Waals surface area (Å²) in [7, 11) is 0. The van der Waals surface area contributed by atoms with Crippen molar-refractivity contribution in [3.63, 3.8) is 0 Å². The second-order valence-electron chi connectivity index (χ2n) is 8.00. The molecule has 0 unspecified atom stereocenters. The van der Waals surface area contributed by atoms with Crippen molar-refractivity contribution in [2.24, 2.45) is 5.92 Å². The molecule has 0 spiro atoms. The van der Waals surface area contributed by atoms with Crippen LogP contribution in [0.4, 0.5) is 10.5 Å². The van der Waals surface area contributed by atoms with Gasteiger partial charge in [0, 0.05) is 44.6 Å². The largest absolute Gasteiger partial charge is 0.368 e. The third-order valence-corrected chi connectivity index (χ3v) is 7.06. The average Bonchev–Trinajstić information content (AvgIpc) is 2.74. The lowest BCUT2D eigenvalue weighted by Crippen LogP contribution is -2.47. The Balaban J connectivity index is 1.33. The zero-order valence-electron chi connectivity index (χ0n) is 16.8. The van der Waals surface area contributed by atoms with Crippen molar-refractivity contribution >= 4 is 46.5 Å². The molecule has 2 aliphatic rings. The molecule has 1 aliphatic heterocycles. The van der Waals surface area contributed by atoms with Gasteiger partial charge in [-0.2, -0.15) is 0 Å². The van der Waals surface area contributed by atoms with Gasteiger partial charge in [-0.05, 0) is 56.7 Å². The van der Waals surface area contributed by atoms with Crippen LogP contribution in [0, 0.1) is 5.92 Å². The van der Waals surface area contributed by atoms with E-state index >= 15 is 0 Å². The second kappa shape index (κ2) is 11.5. The third-order valence-electron chi connectivity index (χ3n) is 6.06. The summed E-state index contributed by atoms with van der Waals surface area (Å²) < 4.78 is 0. The number of nitrogens with one attached hydrogen (secondary N) is 2. The topological polar surface area (TPSA) is 47.6 Å². The molecule has 2 N–H and O–H groups in total. The molecule has 0 aromatic heterocycles. The summed E-state index contributed by atoms with van der Waals surface area (Å²) in [5.74, 6) is 1.21. The molecular formula is C21H31Cl3N4O. The first kappa shape index (κ1) is 22.8. The molecule has 1 aliphatic carbocycles. The van der Waals surface area contributed by atoms with Gasteiger partial charge >= 0.3 is 6.03 Å². The van der Waals surface area contributed by atoms with E-state index in [1.165, 1.54) is 19.3 Å². The third kappa shape index (κ3) is 6.81. The van der Waals surface area contributed by atoms with Gasteiger partial charge in [0.2, 0.25) is 0 Å².